The maximum atomic E-state index is 13.3. The smallest absolute Gasteiger partial charge is 0.375 e. The van der Waals surface area contributed by atoms with Gasteiger partial charge in [0.25, 0.3) is 0 Å². The molecule has 0 aromatic heterocycles. The molecule has 0 aliphatic heterocycles. The van der Waals surface area contributed by atoms with Gasteiger partial charge in [-0.05, 0) is 68.3 Å². The van der Waals surface area contributed by atoms with E-state index in [9.17, 15) is 14.4 Å². The molecule has 4 unspecified atom stereocenters. The van der Waals surface area contributed by atoms with Crippen molar-refractivity contribution in [3.8, 4) is 0 Å². The monoisotopic (exact) mass is 398 g/mol. The van der Waals surface area contributed by atoms with Crippen LogP contribution < -0.4 is 0 Å². The van der Waals surface area contributed by atoms with Crippen LogP contribution in [0, 0.1) is 34.0 Å². The van der Waals surface area contributed by atoms with E-state index in [4.69, 9.17) is 4.74 Å². The number of carbonyl (C=O) groups is 3. The van der Waals surface area contributed by atoms with E-state index in [1.807, 2.05) is 13.0 Å². The second-order valence-electron chi connectivity index (χ2n) is 10.4. The van der Waals surface area contributed by atoms with Crippen LogP contribution in [-0.4, -0.2) is 24.1 Å². The van der Waals surface area contributed by atoms with E-state index in [1.54, 1.807) is 6.92 Å². The van der Waals surface area contributed by atoms with Gasteiger partial charge in [-0.15, -0.1) is 0 Å². The predicted octanol–water partition coefficient (Wildman–Crippen LogP) is 4.82. The molecule has 29 heavy (non-hydrogen) atoms. The van der Waals surface area contributed by atoms with Gasteiger partial charge in [0.1, 0.15) is 0 Å². The minimum absolute atomic E-state index is 0.00840. The molecule has 158 valence electrons. The van der Waals surface area contributed by atoms with Crippen LogP contribution in [-0.2, 0) is 19.1 Å². The zero-order valence-electron chi connectivity index (χ0n) is 18.5. The molecule has 0 aromatic carbocycles. The Morgan fingerprint density at radius 2 is 1.93 bits per heavy atom. The number of hydrogen-bond acceptors (Lipinski definition) is 4. The maximum absolute atomic E-state index is 13.3. The minimum Gasteiger partial charge on any atom is -0.460 e. The molecule has 6 atom stereocenters. The number of Topliss-reactive ketones (excluding diaryl/α,β-unsaturated/α-hetero) is 1. The van der Waals surface area contributed by atoms with Crippen LogP contribution in [0.15, 0.2) is 23.3 Å². The van der Waals surface area contributed by atoms with Gasteiger partial charge in [-0.2, -0.15) is 0 Å². The van der Waals surface area contributed by atoms with Gasteiger partial charge in [0.2, 0.25) is 5.78 Å². The number of fused-ring (bicyclic) bond motifs is 5. The topological polar surface area (TPSA) is 60.4 Å². The molecule has 2 saturated carbocycles. The molecule has 0 saturated heterocycles. The largest absolute Gasteiger partial charge is 0.460 e. The molecule has 4 heteroatoms. The standard InChI is InChI=1S/C25H34O4/c1-6-29-22(28)21(27)25(5)15(2)13-20-18-8-7-16-14-17(26)9-11-23(16,3)19(18)10-12-24(20,25)4/h10,14-15,18,20H,6-9,11-13H2,1-5H3/t15?,18?,20?,23-,24-,25?/m0/s1. The molecular formula is C25H34O4. The van der Waals surface area contributed by atoms with E-state index in [2.05, 4.69) is 26.8 Å². The highest BCUT2D eigenvalue weighted by atomic mass is 16.5. The number of ketones is 2. The molecule has 0 spiro atoms. The number of rotatable bonds is 3. The molecule has 0 aromatic rings. The van der Waals surface area contributed by atoms with E-state index in [1.165, 1.54) is 11.1 Å². The number of ether oxygens (including phenoxy) is 1. The van der Waals surface area contributed by atoms with Crippen molar-refractivity contribution in [2.45, 2.75) is 73.1 Å². The average molecular weight is 399 g/mol. The fourth-order valence-electron chi connectivity index (χ4n) is 7.32. The predicted molar refractivity (Wildman–Crippen MR) is 111 cm³/mol. The van der Waals surface area contributed by atoms with Gasteiger partial charge in [0, 0.05) is 17.3 Å². The van der Waals surface area contributed by atoms with Gasteiger partial charge >= 0.3 is 5.97 Å². The third kappa shape index (κ3) is 2.60. The summed E-state index contributed by atoms with van der Waals surface area (Å²) in [6.45, 7) is 10.7. The third-order valence-corrected chi connectivity index (χ3v) is 9.44. The molecule has 4 nitrogen and oxygen atoms in total. The molecule has 4 aliphatic carbocycles. The van der Waals surface area contributed by atoms with Crippen LogP contribution in [0.3, 0.4) is 0 Å². The Kier molecular flexibility index (Phi) is 4.71. The summed E-state index contributed by atoms with van der Waals surface area (Å²) < 4.78 is 5.11. The number of allylic oxidation sites excluding steroid dienone is 4. The average Bonchev–Trinajstić information content (AvgIpc) is 2.89. The van der Waals surface area contributed by atoms with Crippen LogP contribution in [0.2, 0.25) is 0 Å². The molecule has 0 amide bonds. The molecule has 4 aliphatic rings. The quantitative estimate of drug-likeness (QED) is 0.388. The Hall–Kier alpha value is -1.71. The van der Waals surface area contributed by atoms with Crippen molar-refractivity contribution in [3.63, 3.8) is 0 Å². The Morgan fingerprint density at radius 3 is 2.62 bits per heavy atom. The Bertz CT molecular complexity index is 836. The molecule has 2 fully saturated rings. The number of carbonyl (C=O) groups excluding carboxylic acids is 3. The molecular weight excluding hydrogens is 364 g/mol. The van der Waals surface area contributed by atoms with E-state index in [0.29, 0.717) is 18.3 Å². The van der Waals surface area contributed by atoms with Gasteiger partial charge < -0.3 is 4.74 Å². The van der Waals surface area contributed by atoms with Crippen molar-refractivity contribution in [1.82, 2.24) is 0 Å². The molecule has 0 radical (unpaired) electrons. The third-order valence-electron chi connectivity index (χ3n) is 9.44. The van der Waals surface area contributed by atoms with Crippen molar-refractivity contribution in [1.29, 1.82) is 0 Å². The van der Waals surface area contributed by atoms with Crippen LogP contribution in [0.5, 0.6) is 0 Å². The van der Waals surface area contributed by atoms with E-state index >= 15 is 0 Å². The van der Waals surface area contributed by atoms with Gasteiger partial charge in [-0.3, -0.25) is 9.59 Å². The minimum atomic E-state index is -0.703. The zero-order valence-corrected chi connectivity index (χ0v) is 18.5. The number of hydrogen-bond donors (Lipinski definition) is 0. The summed E-state index contributed by atoms with van der Waals surface area (Å²) in [5.74, 6) is 0.198. The van der Waals surface area contributed by atoms with Crippen molar-refractivity contribution in [2.24, 2.45) is 34.0 Å². The fraction of sp³-hybridized carbons (Fsp3) is 0.720. The highest BCUT2D eigenvalue weighted by Gasteiger charge is 2.66. The summed E-state index contributed by atoms with van der Waals surface area (Å²) in [5.41, 5.74) is 1.84. The van der Waals surface area contributed by atoms with Gasteiger partial charge in [0.05, 0.1) is 6.61 Å². The maximum Gasteiger partial charge on any atom is 0.375 e. The van der Waals surface area contributed by atoms with E-state index < -0.39 is 11.4 Å². The highest BCUT2D eigenvalue weighted by Crippen LogP contribution is 2.69. The van der Waals surface area contributed by atoms with Crippen molar-refractivity contribution < 1.29 is 19.1 Å². The van der Waals surface area contributed by atoms with Crippen LogP contribution in [0.4, 0.5) is 0 Å². The first-order valence-electron chi connectivity index (χ1n) is 11.3. The number of esters is 1. The van der Waals surface area contributed by atoms with Gasteiger partial charge in [0.15, 0.2) is 5.78 Å². The van der Waals surface area contributed by atoms with Crippen molar-refractivity contribution in [2.75, 3.05) is 6.61 Å². The first kappa shape index (κ1) is 20.6. The van der Waals surface area contributed by atoms with Gasteiger partial charge in [-0.25, -0.2) is 4.79 Å². The first-order valence-corrected chi connectivity index (χ1v) is 11.3. The first-order chi connectivity index (χ1) is 13.6. The Morgan fingerprint density at radius 1 is 1.21 bits per heavy atom. The van der Waals surface area contributed by atoms with Crippen LogP contribution in [0.1, 0.15) is 73.1 Å². The SMILES string of the molecule is CCOC(=O)C(=O)C1(C)C(C)CC2C3CCC4=CC(=O)CC[C@]4(C)C3=CC[C@@]21C. The molecule has 0 bridgehead atoms. The Labute approximate surface area is 174 Å². The summed E-state index contributed by atoms with van der Waals surface area (Å²) in [6.07, 6.45) is 9.59. The highest BCUT2D eigenvalue weighted by molar-refractivity contribution is 6.36. The van der Waals surface area contributed by atoms with Crippen LogP contribution in [0.25, 0.3) is 0 Å². The second kappa shape index (κ2) is 6.65. The summed E-state index contributed by atoms with van der Waals surface area (Å²) in [4.78, 5) is 37.7. The lowest BCUT2D eigenvalue weighted by Gasteiger charge is -2.55. The lowest BCUT2D eigenvalue weighted by Crippen LogP contribution is -2.52. The Balaban J connectivity index is 1.74. The van der Waals surface area contributed by atoms with Crippen LogP contribution >= 0.6 is 0 Å². The molecule has 4 rings (SSSR count). The van der Waals surface area contributed by atoms with Crippen molar-refractivity contribution >= 4 is 17.5 Å². The summed E-state index contributed by atoms with van der Waals surface area (Å²) >= 11 is 0. The summed E-state index contributed by atoms with van der Waals surface area (Å²) in [5, 5.41) is 0. The second-order valence-corrected chi connectivity index (χ2v) is 10.4. The molecule has 0 heterocycles. The van der Waals surface area contributed by atoms with E-state index in [-0.39, 0.29) is 34.9 Å². The molecule has 0 N–H and O–H groups in total. The van der Waals surface area contributed by atoms with E-state index in [0.717, 1.165) is 32.1 Å². The lowest BCUT2D eigenvalue weighted by atomic mass is 9.48. The lowest BCUT2D eigenvalue weighted by molar-refractivity contribution is -0.163. The van der Waals surface area contributed by atoms with Gasteiger partial charge in [-0.1, -0.05) is 44.9 Å². The summed E-state index contributed by atoms with van der Waals surface area (Å²) in [6, 6.07) is 0. The summed E-state index contributed by atoms with van der Waals surface area (Å²) in [7, 11) is 0. The fourth-order valence-corrected chi connectivity index (χ4v) is 7.32. The normalized spacial score (nSPS) is 43.5. The zero-order chi connectivity index (χ0) is 21.2. The van der Waals surface area contributed by atoms with Crippen molar-refractivity contribution in [3.05, 3.63) is 23.3 Å².